The summed E-state index contributed by atoms with van der Waals surface area (Å²) in [6, 6.07) is 20.9. The van der Waals surface area contributed by atoms with Crippen LogP contribution in [0.2, 0.25) is 0 Å². The van der Waals surface area contributed by atoms with E-state index in [9.17, 15) is 4.79 Å². The maximum Gasteiger partial charge on any atom is 0.326 e. The van der Waals surface area contributed by atoms with Crippen molar-refractivity contribution in [1.29, 1.82) is 0 Å². The molecular weight excluding hydrogens is 479 g/mol. The molecule has 0 fully saturated rings. The van der Waals surface area contributed by atoms with E-state index in [0.717, 1.165) is 45.5 Å². The second-order valence-corrected chi connectivity index (χ2v) is 12.6. The third kappa shape index (κ3) is 5.77. The van der Waals surface area contributed by atoms with E-state index in [2.05, 4.69) is 77.9 Å². The summed E-state index contributed by atoms with van der Waals surface area (Å²) in [6.07, 6.45) is 1.24. The van der Waals surface area contributed by atoms with E-state index in [-0.39, 0.29) is 10.8 Å². The topological polar surface area (TPSA) is 44.8 Å². The second kappa shape index (κ2) is 10.7. The van der Waals surface area contributed by atoms with E-state index in [1.165, 1.54) is 5.56 Å². The molecule has 1 aliphatic heterocycles. The fourth-order valence-electron chi connectivity index (χ4n) is 4.74. The minimum absolute atomic E-state index is 0.145. The Bertz CT molecular complexity index is 1330. The SMILES string of the molecule is CCOC(=C=O)CCC(C)(C)c1cc(C)cc(C(C)(C)C)c1OP1Oc2ccccc2-c2ccccc21. The second-order valence-electron chi connectivity index (χ2n) is 11.2. The lowest BCUT2D eigenvalue weighted by Crippen LogP contribution is -2.24. The Kier molecular flexibility index (Phi) is 7.83. The predicted octanol–water partition coefficient (Wildman–Crippen LogP) is 8.18. The molecule has 1 aliphatic rings. The zero-order valence-corrected chi connectivity index (χ0v) is 23.9. The average Bonchev–Trinajstić information content (AvgIpc) is 2.86. The van der Waals surface area contributed by atoms with Gasteiger partial charge in [-0.15, -0.1) is 0 Å². The van der Waals surface area contributed by atoms with Gasteiger partial charge < -0.3 is 13.8 Å². The zero-order chi connectivity index (χ0) is 26.8. The van der Waals surface area contributed by atoms with Crippen LogP contribution in [0, 0.1) is 6.92 Å². The molecule has 4 rings (SSSR count). The van der Waals surface area contributed by atoms with Crippen LogP contribution in [0.3, 0.4) is 0 Å². The lowest BCUT2D eigenvalue weighted by atomic mass is 9.75. The largest absolute Gasteiger partial charge is 0.487 e. The van der Waals surface area contributed by atoms with Crippen LogP contribution in [-0.4, -0.2) is 12.5 Å². The first-order chi connectivity index (χ1) is 17.5. The third-order valence-corrected chi connectivity index (χ3v) is 8.31. The summed E-state index contributed by atoms with van der Waals surface area (Å²) in [4.78, 5) is 11.4. The minimum Gasteiger partial charge on any atom is -0.487 e. The first kappa shape index (κ1) is 27.0. The molecule has 0 amide bonds. The Morgan fingerprint density at radius 1 is 0.946 bits per heavy atom. The standard InChI is InChI=1S/C32H37O4P/c1-8-34-23(21-33)17-18-32(6,7)27-20-22(2)19-26(31(3,4)5)30(27)36-37-29-16-12-10-14-25(29)24-13-9-11-15-28(24)35-37/h9-16,19-20H,8,17-18H2,1-7H3. The van der Waals surface area contributed by atoms with Crippen LogP contribution in [-0.2, 0) is 20.4 Å². The van der Waals surface area contributed by atoms with Crippen molar-refractivity contribution in [2.45, 2.75) is 72.1 Å². The van der Waals surface area contributed by atoms with Crippen LogP contribution < -0.4 is 14.4 Å². The van der Waals surface area contributed by atoms with Crippen molar-refractivity contribution in [3.05, 3.63) is 83.1 Å². The van der Waals surface area contributed by atoms with Crippen molar-refractivity contribution in [3.8, 4) is 22.6 Å². The van der Waals surface area contributed by atoms with Crippen molar-refractivity contribution in [1.82, 2.24) is 0 Å². The van der Waals surface area contributed by atoms with Crippen LogP contribution in [0.4, 0.5) is 0 Å². The number of hydrogen-bond acceptors (Lipinski definition) is 4. The summed E-state index contributed by atoms with van der Waals surface area (Å²) < 4.78 is 19.0. The van der Waals surface area contributed by atoms with Gasteiger partial charge in [0, 0.05) is 23.1 Å². The van der Waals surface area contributed by atoms with Gasteiger partial charge in [-0.3, -0.25) is 0 Å². The van der Waals surface area contributed by atoms with Gasteiger partial charge in [-0.1, -0.05) is 88.7 Å². The number of para-hydroxylation sites is 1. The smallest absolute Gasteiger partial charge is 0.326 e. The number of ether oxygens (including phenoxy) is 1. The van der Waals surface area contributed by atoms with Crippen LogP contribution >= 0.6 is 8.38 Å². The molecule has 1 heterocycles. The number of rotatable bonds is 8. The van der Waals surface area contributed by atoms with Gasteiger partial charge in [-0.05, 0) is 48.8 Å². The molecule has 1 unspecified atom stereocenters. The zero-order valence-electron chi connectivity index (χ0n) is 23.0. The number of carbonyl (C=O) groups excluding carboxylic acids is 1. The monoisotopic (exact) mass is 516 g/mol. The van der Waals surface area contributed by atoms with Crippen molar-refractivity contribution >= 4 is 19.6 Å². The third-order valence-electron chi connectivity index (χ3n) is 6.81. The number of aryl methyl sites for hydroxylation is 1. The summed E-state index contributed by atoms with van der Waals surface area (Å²) in [5.41, 5.74) is 5.25. The lowest BCUT2D eigenvalue weighted by molar-refractivity contribution is 0.215. The van der Waals surface area contributed by atoms with Crippen molar-refractivity contribution in [2.24, 2.45) is 0 Å². The molecule has 194 valence electrons. The minimum atomic E-state index is -1.41. The molecule has 4 nitrogen and oxygen atoms in total. The molecule has 37 heavy (non-hydrogen) atoms. The molecule has 0 saturated heterocycles. The molecule has 0 aromatic heterocycles. The summed E-state index contributed by atoms with van der Waals surface area (Å²) in [7, 11) is -1.41. The molecule has 3 aromatic rings. The fourth-order valence-corrected chi connectivity index (χ4v) is 6.27. The number of allylic oxidation sites excluding steroid dienone is 1. The van der Waals surface area contributed by atoms with Crippen LogP contribution in [0.5, 0.6) is 11.5 Å². The van der Waals surface area contributed by atoms with Crippen molar-refractivity contribution in [2.75, 3.05) is 6.61 Å². The molecule has 1 atom stereocenters. The molecule has 0 saturated carbocycles. The van der Waals surface area contributed by atoms with Gasteiger partial charge in [0.15, 0.2) is 11.7 Å². The highest BCUT2D eigenvalue weighted by atomic mass is 31.2. The summed E-state index contributed by atoms with van der Waals surface area (Å²) in [5.74, 6) is 4.05. The van der Waals surface area contributed by atoms with Gasteiger partial charge in [0.1, 0.15) is 11.5 Å². The van der Waals surface area contributed by atoms with Crippen LogP contribution in [0.15, 0.2) is 66.4 Å². The van der Waals surface area contributed by atoms with Crippen LogP contribution in [0.25, 0.3) is 11.1 Å². The highest BCUT2D eigenvalue weighted by Gasteiger charge is 2.35. The van der Waals surface area contributed by atoms with Crippen LogP contribution in [0.1, 0.15) is 71.1 Å². The normalized spacial score (nSPS) is 14.6. The molecule has 0 spiro atoms. The summed E-state index contributed by atoms with van der Waals surface area (Å²) >= 11 is 0. The highest BCUT2D eigenvalue weighted by molar-refractivity contribution is 7.57. The van der Waals surface area contributed by atoms with Gasteiger partial charge in [-0.25, -0.2) is 4.79 Å². The maximum atomic E-state index is 11.4. The first-order valence-corrected chi connectivity index (χ1v) is 14.1. The van der Waals surface area contributed by atoms with E-state index in [0.29, 0.717) is 18.8 Å². The maximum absolute atomic E-state index is 11.4. The molecular formula is C32H37O4P. The Morgan fingerprint density at radius 2 is 1.59 bits per heavy atom. The van der Waals surface area contributed by atoms with E-state index >= 15 is 0 Å². The van der Waals surface area contributed by atoms with E-state index in [1.54, 1.807) is 0 Å². The summed E-state index contributed by atoms with van der Waals surface area (Å²) in [5, 5.41) is 1.07. The van der Waals surface area contributed by atoms with Gasteiger partial charge in [0.05, 0.1) is 11.9 Å². The number of fused-ring (bicyclic) bond motifs is 3. The highest BCUT2D eigenvalue weighted by Crippen LogP contribution is 2.53. The van der Waals surface area contributed by atoms with Gasteiger partial charge in [0.25, 0.3) is 0 Å². The Labute approximate surface area is 222 Å². The average molecular weight is 517 g/mol. The quantitative estimate of drug-likeness (QED) is 0.172. The molecule has 0 aliphatic carbocycles. The first-order valence-electron chi connectivity index (χ1n) is 12.9. The van der Waals surface area contributed by atoms with Gasteiger partial charge in [0.2, 0.25) is 0 Å². The number of benzene rings is 3. The lowest BCUT2D eigenvalue weighted by Gasteiger charge is -2.35. The molecule has 0 bridgehead atoms. The van der Waals surface area contributed by atoms with Gasteiger partial charge in [-0.2, -0.15) is 0 Å². The van der Waals surface area contributed by atoms with Gasteiger partial charge >= 0.3 is 8.38 Å². The fraction of sp³-hybridized carbons (Fsp3) is 0.375. The van der Waals surface area contributed by atoms with E-state index in [4.69, 9.17) is 13.8 Å². The number of hydrogen-bond donors (Lipinski definition) is 0. The predicted molar refractivity (Wildman–Crippen MR) is 153 cm³/mol. The Hall–Kier alpha value is -3.06. The Morgan fingerprint density at radius 3 is 2.27 bits per heavy atom. The molecule has 5 heteroatoms. The molecule has 3 aromatic carbocycles. The van der Waals surface area contributed by atoms with Crippen molar-refractivity contribution < 1.29 is 18.6 Å². The van der Waals surface area contributed by atoms with E-state index in [1.807, 2.05) is 37.1 Å². The molecule has 0 N–H and O–H groups in total. The Balaban J connectivity index is 1.80. The van der Waals surface area contributed by atoms with Crippen molar-refractivity contribution in [3.63, 3.8) is 0 Å². The summed E-state index contributed by atoms with van der Waals surface area (Å²) in [6.45, 7) is 15.5. The van der Waals surface area contributed by atoms with E-state index < -0.39 is 8.38 Å². The molecule has 0 radical (unpaired) electrons.